The predicted molar refractivity (Wildman–Crippen MR) is 68.0 cm³/mol. The van der Waals surface area contributed by atoms with E-state index in [1.54, 1.807) is 20.3 Å². The minimum absolute atomic E-state index is 0.0429. The van der Waals surface area contributed by atoms with Gasteiger partial charge in [-0.3, -0.25) is 4.79 Å². The molecule has 1 aromatic carbocycles. The van der Waals surface area contributed by atoms with Crippen LogP contribution in [0.15, 0.2) is 18.2 Å². The Labute approximate surface area is 107 Å². The molecule has 0 radical (unpaired) electrons. The van der Waals surface area contributed by atoms with Gasteiger partial charge in [0.2, 0.25) is 5.91 Å². The molecule has 1 amide bonds. The van der Waals surface area contributed by atoms with Gasteiger partial charge in [-0.2, -0.15) is 0 Å². The third-order valence-corrected chi connectivity index (χ3v) is 2.49. The van der Waals surface area contributed by atoms with Gasteiger partial charge in [0.05, 0.1) is 20.8 Å². The zero-order valence-corrected chi connectivity index (χ0v) is 10.7. The van der Waals surface area contributed by atoms with E-state index in [-0.39, 0.29) is 12.5 Å². The van der Waals surface area contributed by atoms with Gasteiger partial charge in [0.25, 0.3) is 0 Å². The van der Waals surface area contributed by atoms with Crippen molar-refractivity contribution in [2.75, 3.05) is 27.4 Å². The average molecular weight is 253 g/mol. The topological polar surface area (TPSA) is 67.8 Å². The van der Waals surface area contributed by atoms with Crippen LogP contribution in [0.25, 0.3) is 0 Å². The summed E-state index contributed by atoms with van der Waals surface area (Å²) in [5, 5.41) is 11.2. The number of nitrogens with one attached hydrogen (secondary N) is 1. The Morgan fingerprint density at radius 2 is 1.83 bits per heavy atom. The minimum atomic E-state index is -0.0779. The lowest BCUT2D eigenvalue weighted by Gasteiger charge is -2.08. The van der Waals surface area contributed by atoms with Crippen LogP contribution in [-0.4, -0.2) is 38.4 Å². The molecule has 0 bridgehead atoms. The maximum Gasteiger partial charge on any atom is 0.220 e. The number of methoxy groups -OCH3 is 2. The summed E-state index contributed by atoms with van der Waals surface area (Å²) < 4.78 is 10.3. The third-order valence-electron chi connectivity index (χ3n) is 2.49. The molecule has 0 unspecified atom stereocenters. The Bertz CT molecular complexity index is 370. The van der Waals surface area contributed by atoms with E-state index < -0.39 is 0 Å². The Balaban J connectivity index is 2.58. The zero-order valence-electron chi connectivity index (χ0n) is 10.7. The number of aliphatic hydroxyl groups is 1. The zero-order chi connectivity index (χ0) is 13.4. The smallest absolute Gasteiger partial charge is 0.220 e. The van der Waals surface area contributed by atoms with Gasteiger partial charge in [0.1, 0.15) is 11.5 Å². The highest BCUT2D eigenvalue weighted by atomic mass is 16.5. The lowest BCUT2D eigenvalue weighted by atomic mass is 10.1. The first-order chi connectivity index (χ1) is 8.69. The fourth-order valence-electron chi connectivity index (χ4n) is 1.55. The Kier molecular flexibility index (Phi) is 6.00. The highest BCUT2D eigenvalue weighted by molar-refractivity contribution is 5.76. The van der Waals surface area contributed by atoms with Crippen LogP contribution in [0.3, 0.4) is 0 Å². The summed E-state index contributed by atoms with van der Waals surface area (Å²) in [6, 6.07) is 5.54. The molecule has 5 nitrogen and oxygen atoms in total. The highest BCUT2D eigenvalue weighted by Gasteiger charge is 2.05. The number of rotatable bonds is 7. The fraction of sp³-hybridized carbons (Fsp3) is 0.462. The van der Waals surface area contributed by atoms with Crippen LogP contribution in [0.2, 0.25) is 0 Å². The van der Waals surface area contributed by atoms with Crippen molar-refractivity contribution in [1.29, 1.82) is 0 Å². The van der Waals surface area contributed by atoms with Gasteiger partial charge in [0.15, 0.2) is 0 Å². The maximum atomic E-state index is 11.4. The molecular weight excluding hydrogens is 234 g/mol. The summed E-state index contributed by atoms with van der Waals surface area (Å²) in [6.45, 7) is 0.249. The molecule has 1 aromatic rings. The molecule has 0 atom stereocenters. The summed E-state index contributed by atoms with van der Waals surface area (Å²) >= 11 is 0. The fourth-order valence-corrected chi connectivity index (χ4v) is 1.55. The number of hydrogen-bond donors (Lipinski definition) is 2. The molecule has 2 N–H and O–H groups in total. The van der Waals surface area contributed by atoms with Crippen LogP contribution < -0.4 is 14.8 Å². The summed E-state index contributed by atoms with van der Waals surface area (Å²) in [7, 11) is 3.18. The van der Waals surface area contributed by atoms with Crippen molar-refractivity contribution in [3.8, 4) is 11.5 Å². The van der Waals surface area contributed by atoms with Gasteiger partial charge < -0.3 is 19.9 Å². The van der Waals surface area contributed by atoms with E-state index in [1.165, 1.54) is 0 Å². The maximum absolute atomic E-state index is 11.4. The van der Waals surface area contributed by atoms with E-state index in [4.69, 9.17) is 14.6 Å². The lowest BCUT2D eigenvalue weighted by molar-refractivity contribution is -0.121. The summed E-state index contributed by atoms with van der Waals surface area (Å²) in [5.41, 5.74) is 0.977. The first kappa shape index (κ1) is 14.3. The third kappa shape index (κ3) is 4.63. The van der Waals surface area contributed by atoms with E-state index >= 15 is 0 Å². The van der Waals surface area contributed by atoms with Gasteiger partial charge in [-0.15, -0.1) is 0 Å². The van der Waals surface area contributed by atoms with Gasteiger partial charge in [0, 0.05) is 19.0 Å². The summed E-state index contributed by atoms with van der Waals surface area (Å²) in [4.78, 5) is 11.4. The van der Waals surface area contributed by atoms with Crippen LogP contribution in [0, 0.1) is 0 Å². The number of aryl methyl sites for hydroxylation is 1. The van der Waals surface area contributed by atoms with Crippen molar-refractivity contribution in [2.45, 2.75) is 12.8 Å². The van der Waals surface area contributed by atoms with Gasteiger partial charge >= 0.3 is 0 Å². The van der Waals surface area contributed by atoms with Crippen molar-refractivity contribution < 1.29 is 19.4 Å². The Hall–Kier alpha value is -1.75. The number of amides is 1. The molecular formula is C13H19NO4. The number of benzene rings is 1. The largest absolute Gasteiger partial charge is 0.497 e. The molecule has 0 saturated heterocycles. The second-order valence-electron chi connectivity index (χ2n) is 3.79. The van der Waals surface area contributed by atoms with E-state index in [2.05, 4.69) is 5.32 Å². The minimum Gasteiger partial charge on any atom is -0.497 e. The molecule has 5 heteroatoms. The molecule has 0 aliphatic carbocycles. The normalized spacial score (nSPS) is 9.94. The van der Waals surface area contributed by atoms with Crippen LogP contribution in [0.5, 0.6) is 11.5 Å². The van der Waals surface area contributed by atoms with Crippen LogP contribution in [0.1, 0.15) is 12.0 Å². The van der Waals surface area contributed by atoms with E-state index in [0.717, 1.165) is 5.56 Å². The number of carbonyl (C=O) groups is 1. The van der Waals surface area contributed by atoms with Crippen LogP contribution in [-0.2, 0) is 11.2 Å². The van der Waals surface area contributed by atoms with E-state index in [9.17, 15) is 4.79 Å². The Morgan fingerprint density at radius 1 is 1.22 bits per heavy atom. The van der Waals surface area contributed by atoms with E-state index in [0.29, 0.717) is 30.9 Å². The molecule has 0 spiro atoms. The first-order valence-electron chi connectivity index (χ1n) is 5.79. The van der Waals surface area contributed by atoms with Crippen molar-refractivity contribution >= 4 is 5.91 Å². The summed E-state index contributed by atoms with van der Waals surface area (Å²) in [5.74, 6) is 1.34. The second-order valence-corrected chi connectivity index (χ2v) is 3.79. The quantitative estimate of drug-likeness (QED) is 0.752. The summed E-state index contributed by atoms with van der Waals surface area (Å²) in [6.07, 6.45) is 0.973. The molecule has 1 rings (SSSR count). The number of hydrogen-bond acceptors (Lipinski definition) is 4. The highest BCUT2D eigenvalue weighted by Crippen LogP contribution is 2.23. The van der Waals surface area contributed by atoms with Crippen molar-refractivity contribution in [1.82, 2.24) is 5.32 Å². The van der Waals surface area contributed by atoms with Crippen molar-refractivity contribution in [2.24, 2.45) is 0 Å². The molecule has 18 heavy (non-hydrogen) atoms. The SMILES string of the molecule is COc1cc(CCC(=O)NCCO)cc(OC)c1. The van der Waals surface area contributed by atoms with Gasteiger partial charge in [-0.1, -0.05) is 0 Å². The second kappa shape index (κ2) is 7.55. The first-order valence-corrected chi connectivity index (χ1v) is 5.79. The number of carbonyl (C=O) groups excluding carboxylic acids is 1. The molecule has 0 aliphatic rings. The molecule has 0 aliphatic heterocycles. The van der Waals surface area contributed by atoms with Crippen molar-refractivity contribution in [3.63, 3.8) is 0 Å². The lowest BCUT2D eigenvalue weighted by Crippen LogP contribution is -2.26. The van der Waals surface area contributed by atoms with E-state index in [1.807, 2.05) is 12.1 Å². The van der Waals surface area contributed by atoms with Gasteiger partial charge in [-0.25, -0.2) is 0 Å². The number of ether oxygens (including phenoxy) is 2. The van der Waals surface area contributed by atoms with Crippen LogP contribution >= 0.6 is 0 Å². The molecule has 0 fully saturated rings. The average Bonchev–Trinajstić information content (AvgIpc) is 2.42. The Morgan fingerprint density at radius 3 is 2.33 bits per heavy atom. The number of aliphatic hydroxyl groups excluding tert-OH is 1. The van der Waals surface area contributed by atoms with Crippen molar-refractivity contribution in [3.05, 3.63) is 23.8 Å². The molecule has 0 aromatic heterocycles. The molecule has 0 heterocycles. The molecule has 100 valence electrons. The van der Waals surface area contributed by atoms with Gasteiger partial charge in [-0.05, 0) is 24.1 Å². The monoisotopic (exact) mass is 253 g/mol. The van der Waals surface area contributed by atoms with Crippen LogP contribution in [0.4, 0.5) is 0 Å². The standard InChI is InChI=1S/C13H19NO4/c1-17-11-7-10(8-12(9-11)18-2)3-4-13(16)14-5-6-15/h7-9,15H,3-6H2,1-2H3,(H,14,16). The predicted octanol–water partition coefficient (Wildman–Crippen LogP) is 0.745. The molecule has 0 saturated carbocycles.